The Morgan fingerprint density at radius 2 is 2.14 bits per heavy atom. The summed E-state index contributed by atoms with van der Waals surface area (Å²) in [6.45, 7) is 2.15. The van der Waals surface area contributed by atoms with Gasteiger partial charge in [0.25, 0.3) is 0 Å². The number of rotatable bonds is 3. The zero-order valence-electron chi connectivity index (χ0n) is 12.0. The van der Waals surface area contributed by atoms with Crippen molar-refractivity contribution in [3.63, 3.8) is 0 Å². The number of halogens is 3. The van der Waals surface area contributed by atoms with Crippen molar-refractivity contribution in [3.8, 4) is 5.75 Å². The summed E-state index contributed by atoms with van der Waals surface area (Å²) in [5, 5.41) is 2.96. The predicted molar refractivity (Wildman–Crippen MR) is 72.6 cm³/mol. The van der Waals surface area contributed by atoms with E-state index in [9.17, 15) is 18.0 Å². The first kappa shape index (κ1) is 15.8. The Hall–Kier alpha value is -1.56. The molecule has 1 aliphatic rings. The molecular formula is C15H18F3NO2. The molecule has 1 aromatic carbocycles. The topological polar surface area (TPSA) is 38.3 Å². The maximum absolute atomic E-state index is 13.0. The van der Waals surface area contributed by atoms with Crippen LogP contribution in [-0.2, 0) is 16.6 Å². The molecule has 1 heterocycles. The van der Waals surface area contributed by atoms with Crippen molar-refractivity contribution in [2.45, 2.75) is 31.4 Å². The van der Waals surface area contributed by atoms with E-state index in [-0.39, 0.29) is 13.0 Å². The summed E-state index contributed by atoms with van der Waals surface area (Å²) in [4.78, 5) is 12.0. The highest BCUT2D eigenvalue weighted by Gasteiger charge is 2.53. The molecule has 0 spiro atoms. The van der Waals surface area contributed by atoms with Gasteiger partial charge in [-0.15, -0.1) is 0 Å². The number of hydrogen-bond acceptors (Lipinski definition) is 3. The lowest BCUT2D eigenvalue weighted by molar-refractivity contribution is -0.177. The maximum Gasteiger partial charge on any atom is 0.450 e. The molecule has 1 unspecified atom stereocenters. The first-order chi connectivity index (χ1) is 9.85. The normalized spacial score (nSPS) is 22.3. The third kappa shape index (κ3) is 2.77. The van der Waals surface area contributed by atoms with Crippen molar-refractivity contribution in [2.75, 3.05) is 20.2 Å². The van der Waals surface area contributed by atoms with Gasteiger partial charge in [0, 0.05) is 6.54 Å². The summed E-state index contributed by atoms with van der Waals surface area (Å²) in [7, 11) is 1.50. The van der Waals surface area contributed by atoms with E-state index in [4.69, 9.17) is 4.74 Å². The number of benzene rings is 1. The summed E-state index contributed by atoms with van der Waals surface area (Å²) >= 11 is 0. The standard InChI is InChI=1S/C15H18F3NO2/c1-3-14(13(20)15(16,17)18)9-19-7-6-10-8-11(21-2)4-5-12(10)14/h4-5,8,19H,3,6-7,9H2,1-2H3. The van der Waals surface area contributed by atoms with E-state index in [1.807, 2.05) is 0 Å². The van der Waals surface area contributed by atoms with E-state index in [1.54, 1.807) is 25.1 Å². The van der Waals surface area contributed by atoms with Crippen LogP contribution in [0.1, 0.15) is 24.5 Å². The first-order valence-electron chi connectivity index (χ1n) is 6.85. The summed E-state index contributed by atoms with van der Waals surface area (Å²) in [5.74, 6) is -1.10. The second-order valence-electron chi connectivity index (χ2n) is 5.21. The van der Waals surface area contributed by atoms with Gasteiger partial charge in [-0.05, 0) is 42.6 Å². The highest BCUT2D eigenvalue weighted by molar-refractivity contribution is 5.95. The van der Waals surface area contributed by atoms with Crippen molar-refractivity contribution < 1.29 is 22.7 Å². The van der Waals surface area contributed by atoms with E-state index in [0.29, 0.717) is 24.3 Å². The fourth-order valence-electron chi connectivity index (χ4n) is 2.94. The molecule has 6 heteroatoms. The molecule has 0 bridgehead atoms. The van der Waals surface area contributed by atoms with E-state index in [1.165, 1.54) is 7.11 Å². The summed E-state index contributed by atoms with van der Waals surface area (Å²) < 4.78 is 44.2. The molecule has 1 aliphatic heterocycles. The second kappa shape index (κ2) is 5.67. The Balaban J connectivity index is 2.60. The van der Waals surface area contributed by atoms with E-state index < -0.39 is 17.4 Å². The largest absolute Gasteiger partial charge is 0.497 e. The Bertz CT molecular complexity index is 542. The second-order valence-corrected chi connectivity index (χ2v) is 5.21. The van der Waals surface area contributed by atoms with Gasteiger partial charge in [0.1, 0.15) is 5.75 Å². The van der Waals surface area contributed by atoms with Crippen LogP contribution >= 0.6 is 0 Å². The SMILES string of the molecule is CCC1(C(=O)C(F)(F)F)CNCCc2cc(OC)ccc21. The molecule has 0 saturated carbocycles. The van der Waals surface area contributed by atoms with Gasteiger partial charge in [0.15, 0.2) is 0 Å². The molecule has 0 aromatic heterocycles. The molecule has 0 amide bonds. The zero-order chi connectivity index (χ0) is 15.7. The average Bonchev–Trinajstić information content (AvgIpc) is 2.64. The summed E-state index contributed by atoms with van der Waals surface area (Å²) in [5.41, 5.74) is -0.368. The minimum absolute atomic E-state index is 0.00116. The number of Topliss-reactive ketones (excluding diaryl/α,β-unsaturated/α-hetero) is 1. The molecule has 0 fully saturated rings. The smallest absolute Gasteiger partial charge is 0.450 e. The summed E-state index contributed by atoms with van der Waals surface area (Å²) in [6.07, 6.45) is -4.18. The van der Waals surface area contributed by atoms with Crippen molar-refractivity contribution in [2.24, 2.45) is 0 Å². The number of carbonyl (C=O) groups excluding carboxylic acids is 1. The number of hydrogen-bond donors (Lipinski definition) is 1. The first-order valence-corrected chi connectivity index (χ1v) is 6.85. The molecule has 1 atom stereocenters. The molecule has 2 rings (SSSR count). The molecule has 1 N–H and O–H groups in total. The number of carbonyl (C=O) groups is 1. The van der Waals surface area contributed by atoms with Gasteiger partial charge < -0.3 is 10.1 Å². The quantitative estimate of drug-likeness (QED) is 0.932. The van der Waals surface area contributed by atoms with Crippen LogP contribution in [0.5, 0.6) is 5.75 Å². The van der Waals surface area contributed by atoms with Gasteiger partial charge in [0.05, 0.1) is 12.5 Å². The molecule has 0 radical (unpaired) electrons. The highest BCUT2D eigenvalue weighted by Crippen LogP contribution is 2.39. The van der Waals surface area contributed by atoms with Crippen molar-refractivity contribution in [1.29, 1.82) is 0 Å². The van der Waals surface area contributed by atoms with Crippen LogP contribution in [0.3, 0.4) is 0 Å². The molecule has 1 aromatic rings. The third-order valence-corrected chi connectivity index (χ3v) is 4.12. The van der Waals surface area contributed by atoms with Crippen LogP contribution in [0.15, 0.2) is 18.2 Å². The van der Waals surface area contributed by atoms with Crippen LogP contribution in [0.4, 0.5) is 13.2 Å². The van der Waals surface area contributed by atoms with Crippen LogP contribution in [0.25, 0.3) is 0 Å². The molecule has 0 saturated heterocycles. The molecule has 3 nitrogen and oxygen atoms in total. The van der Waals surface area contributed by atoms with E-state index in [0.717, 1.165) is 5.56 Å². The Labute approximate surface area is 121 Å². The average molecular weight is 301 g/mol. The number of methoxy groups -OCH3 is 1. The predicted octanol–water partition coefficient (Wildman–Crippen LogP) is 2.62. The van der Waals surface area contributed by atoms with Gasteiger partial charge in [0.2, 0.25) is 5.78 Å². The maximum atomic E-state index is 13.0. The van der Waals surface area contributed by atoms with Crippen LogP contribution < -0.4 is 10.1 Å². The lowest BCUT2D eigenvalue weighted by Gasteiger charge is -2.32. The van der Waals surface area contributed by atoms with Crippen molar-refractivity contribution in [1.82, 2.24) is 5.32 Å². The van der Waals surface area contributed by atoms with Crippen LogP contribution in [0, 0.1) is 0 Å². The van der Waals surface area contributed by atoms with Gasteiger partial charge in [-0.3, -0.25) is 4.79 Å². The monoisotopic (exact) mass is 301 g/mol. The van der Waals surface area contributed by atoms with Crippen LogP contribution in [0.2, 0.25) is 0 Å². The van der Waals surface area contributed by atoms with E-state index in [2.05, 4.69) is 5.32 Å². The molecule has 116 valence electrons. The zero-order valence-corrected chi connectivity index (χ0v) is 12.0. The van der Waals surface area contributed by atoms with Gasteiger partial charge >= 0.3 is 6.18 Å². The Kier molecular flexibility index (Phi) is 4.27. The lowest BCUT2D eigenvalue weighted by Crippen LogP contribution is -2.49. The van der Waals surface area contributed by atoms with Crippen molar-refractivity contribution >= 4 is 5.78 Å². The van der Waals surface area contributed by atoms with Gasteiger partial charge in [-0.25, -0.2) is 0 Å². The number of alkyl halides is 3. The number of ketones is 1. The lowest BCUT2D eigenvalue weighted by atomic mass is 9.72. The molecular weight excluding hydrogens is 283 g/mol. The molecule has 0 aliphatic carbocycles. The summed E-state index contributed by atoms with van der Waals surface area (Å²) in [6, 6.07) is 4.92. The third-order valence-electron chi connectivity index (χ3n) is 4.12. The van der Waals surface area contributed by atoms with Gasteiger partial charge in [-0.1, -0.05) is 13.0 Å². The minimum Gasteiger partial charge on any atom is -0.497 e. The highest BCUT2D eigenvalue weighted by atomic mass is 19.4. The number of fused-ring (bicyclic) bond motifs is 1. The van der Waals surface area contributed by atoms with Crippen LogP contribution in [-0.4, -0.2) is 32.2 Å². The molecule has 21 heavy (non-hydrogen) atoms. The number of ether oxygens (including phenoxy) is 1. The van der Waals surface area contributed by atoms with Gasteiger partial charge in [-0.2, -0.15) is 13.2 Å². The van der Waals surface area contributed by atoms with Crippen molar-refractivity contribution in [3.05, 3.63) is 29.3 Å². The number of nitrogens with one attached hydrogen (secondary N) is 1. The Morgan fingerprint density at radius 3 is 2.71 bits per heavy atom. The Morgan fingerprint density at radius 1 is 1.43 bits per heavy atom. The fraction of sp³-hybridized carbons (Fsp3) is 0.533. The fourth-order valence-corrected chi connectivity index (χ4v) is 2.94. The van der Waals surface area contributed by atoms with E-state index >= 15 is 0 Å². The minimum atomic E-state index is -4.85.